The molecule has 4 rings (SSSR count). The van der Waals surface area contributed by atoms with Gasteiger partial charge in [0, 0.05) is 11.1 Å². The molecule has 0 unspecified atom stereocenters. The summed E-state index contributed by atoms with van der Waals surface area (Å²) in [4.78, 5) is 26.1. The summed E-state index contributed by atoms with van der Waals surface area (Å²) in [5, 5.41) is 6.25. The maximum atomic E-state index is 13.1. The Balaban J connectivity index is 1.67. The lowest BCUT2D eigenvalue weighted by Gasteiger charge is -2.11. The lowest BCUT2D eigenvalue weighted by molar-refractivity contribution is 0.0999. The summed E-state index contributed by atoms with van der Waals surface area (Å²) < 4.78 is 16.5. The molecule has 0 aliphatic heterocycles. The van der Waals surface area contributed by atoms with Crippen molar-refractivity contribution in [2.24, 2.45) is 0 Å². The molecule has 1 heterocycles. The molecule has 0 spiro atoms. The summed E-state index contributed by atoms with van der Waals surface area (Å²) in [6, 6.07) is 21.0. The van der Waals surface area contributed by atoms with Crippen LogP contribution in [0, 0.1) is 0 Å². The fraction of sp³-hybridized carbons (Fsp3) is 0.120. The molecule has 0 fully saturated rings. The minimum atomic E-state index is -0.486. The van der Waals surface area contributed by atoms with E-state index in [1.807, 2.05) is 13.0 Å². The van der Waals surface area contributed by atoms with Crippen LogP contribution in [0.2, 0.25) is 0 Å². The molecule has 7 nitrogen and oxygen atoms in total. The molecular formula is C25H22N2O5. The van der Waals surface area contributed by atoms with Crippen molar-refractivity contribution < 1.29 is 23.5 Å². The van der Waals surface area contributed by atoms with Gasteiger partial charge in [0.2, 0.25) is 5.76 Å². The van der Waals surface area contributed by atoms with Crippen molar-refractivity contribution in [1.29, 1.82) is 0 Å². The smallest absolute Gasteiger partial charge is 0.293 e. The highest BCUT2D eigenvalue weighted by Gasteiger charge is 2.24. The van der Waals surface area contributed by atoms with Gasteiger partial charge in [0.25, 0.3) is 11.8 Å². The molecule has 0 atom stereocenters. The van der Waals surface area contributed by atoms with E-state index in [1.165, 1.54) is 0 Å². The van der Waals surface area contributed by atoms with Gasteiger partial charge < -0.3 is 24.5 Å². The summed E-state index contributed by atoms with van der Waals surface area (Å²) in [7, 11) is 1.57. The van der Waals surface area contributed by atoms with Crippen molar-refractivity contribution in [3.63, 3.8) is 0 Å². The van der Waals surface area contributed by atoms with Gasteiger partial charge in [0.15, 0.2) is 0 Å². The molecule has 7 heteroatoms. The van der Waals surface area contributed by atoms with Crippen LogP contribution in [0.3, 0.4) is 0 Å². The van der Waals surface area contributed by atoms with Gasteiger partial charge in [-0.2, -0.15) is 0 Å². The largest absolute Gasteiger partial charge is 0.497 e. The van der Waals surface area contributed by atoms with Gasteiger partial charge >= 0.3 is 0 Å². The van der Waals surface area contributed by atoms with Crippen molar-refractivity contribution in [3.05, 3.63) is 84.1 Å². The Kier molecular flexibility index (Phi) is 6.07. The molecule has 2 N–H and O–H groups in total. The average Bonchev–Trinajstić information content (AvgIpc) is 3.18. The summed E-state index contributed by atoms with van der Waals surface area (Å²) in [5.74, 6) is 0.250. The van der Waals surface area contributed by atoms with Crippen LogP contribution in [0.1, 0.15) is 27.8 Å². The molecule has 0 bridgehead atoms. The van der Waals surface area contributed by atoms with Gasteiger partial charge in [-0.25, -0.2) is 0 Å². The molecule has 1 aromatic heterocycles. The van der Waals surface area contributed by atoms with Crippen molar-refractivity contribution >= 4 is 34.2 Å². The Morgan fingerprint density at radius 3 is 2.34 bits per heavy atom. The maximum Gasteiger partial charge on any atom is 0.293 e. The van der Waals surface area contributed by atoms with E-state index in [1.54, 1.807) is 73.8 Å². The highest BCUT2D eigenvalue weighted by Crippen LogP contribution is 2.32. The molecule has 4 aromatic rings. The van der Waals surface area contributed by atoms with E-state index in [0.29, 0.717) is 46.0 Å². The molecule has 0 saturated carbocycles. The Labute approximate surface area is 184 Å². The number of benzene rings is 3. The van der Waals surface area contributed by atoms with Crippen LogP contribution in [0.25, 0.3) is 11.0 Å². The zero-order valence-corrected chi connectivity index (χ0v) is 17.7. The lowest BCUT2D eigenvalue weighted by Crippen LogP contribution is -2.18. The second-order valence-electron chi connectivity index (χ2n) is 6.87. The van der Waals surface area contributed by atoms with Crippen LogP contribution in [0.5, 0.6) is 11.5 Å². The molecular weight excluding hydrogens is 408 g/mol. The molecule has 162 valence electrons. The molecule has 0 aliphatic carbocycles. The number of ether oxygens (including phenoxy) is 2. The molecule has 0 aliphatic rings. The molecule has 0 radical (unpaired) electrons. The number of nitrogens with one attached hydrogen (secondary N) is 2. The van der Waals surface area contributed by atoms with Gasteiger partial charge in [-0.3, -0.25) is 9.59 Å². The standard InChI is InChI=1S/C25H22N2O5/c1-3-31-20-10-6-5-9-19(20)24(28)27-22-18-8-4-7-11-21(18)32-23(22)25(29)26-16-12-14-17(30-2)15-13-16/h4-15H,3H2,1-2H3,(H,26,29)(H,27,28). The normalized spacial score (nSPS) is 10.6. The van der Waals surface area contributed by atoms with Crippen molar-refractivity contribution in [2.75, 3.05) is 24.4 Å². The van der Waals surface area contributed by atoms with Gasteiger partial charge in [-0.1, -0.05) is 24.3 Å². The fourth-order valence-electron chi connectivity index (χ4n) is 3.31. The maximum absolute atomic E-state index is 13.1. The van der Waals surface area contributed by atoms with E-state index < -0.39 is 11.8 Å². The number of hydrogen-bond acceptors (Lipinski definition) is 5. The number of carbonyl (C=O) groups excluding carboxylic acids is 2. The predicted molar refractivity (Wildman–Crippen MR) is 123 cm³/mol. The third-order valence-electron chi connectivity index (χ3n) is 4.82. The zero-order chi connectivity index (χ0) is 22.5. The van der Waals surface area contributed by atoms with Crippen LogP contribution in [0.4, 0.5) is 11.4 Å². The average molecular weight is 430 g/mol. The quantitative estimate of drug-likeness (QED) is 0.413. The third kappa shape index (κ3) is 4.27. The minimum Gasteiger partial charge on any atom is -0.497 e. The summed E-state index contributed by atoms with van der Waals surface area (Å²) >= 11 is 0. The fourth-order valence-corrected chi connectivity index (χ4v) is 3.31. The number of carbonyl (C=O) groups is 2. The number of para-hydroxylation sites is 2. The molecule has 2 amide bonds. The van der Waals surface area contributed by atoms with Crippen molar-refractivity contribution in [2.45, 2.75) is 6.92 Å². The first-order chi connectivity index (χ1) is 15.6. The Morgan fingerprint density at radius 2 is 1.59 bits per heavy atom. The lowest BCUT2D eigenvalue weighted by atomic mass is 10.1. The molecule has 3 aromatic carbocycles. The number of furan rings is 1. The monoisotopic (exact) mass is 430 g/mol. The van der Waals surface area contributed by atoms with Crippen LogP contribution >= 0.6 is 0 Å². The van der Waals surface area contributed by atoms with E-state index in [4.69, 9.17) is 13.9 Å². The highest BCUT2D eigenvalue weighted by atomic mass is 16.5. The van der Waals surface area contributed by atoms with Crippen molar-refractivity contribution in [1.82, 2.24) is 0 Å². The van der Waals surface area contributed by atoms with Crippen molar-refractivity contribution in [3.8, 4) is 11.5 Å². The minimum absolute atomic E-state index is 0.00394. The van der Waals surface area contributed by atoms with E-state index in [-0.39, 0.29) is 5.76 Å². The molecule has 0 saturated heterocycles. The first-order valence-electron chi connectivity index (χ1n) is 10.1. The number of methoxy groups -OCH3 is 1. The predicted octanol–water partition coefficient (Wildman–Crippen LogP) is 5.34. The Bertz CT molecular complexity index is 1260. The zero-order valence-electron chi connectivity index (χ0n) is 17.7. The first kappa shape index (κ1) is 21.0. The second-order valence-corrected chi connectivity index (χ2v) is 6.87. The summed E-state index contributed by atoms with van der Waals surface area (Å²) in [6.07, 6.45) is 0. The number of anilines is 2. The van der Waals surface area contributed by atoms with Gasteiger partial charge in [-0.15, -0.1) is 0 Å². The number of amides is 2. The topological polar surface area (TPSA) is 89.8 Å². The number of hydrogen-bond donors (Lipinski definition) is 2. The summed E-state index contributed by atoms with van der Waals surface area (Å²) in [6.45, 7) is 2.27. The number of fused-ring (bicyclic) bond motifs is 1. The van der Waals surface area contributed by atoms with Gasteiger partial charge in [0.05, 0.1) is 19.3 Å². The number of rotatable bonds is 7. The van der Waals surface area contributed by atoms with E-state index >= 15 is 0 Å². The second kappa shape index (κ2) is 9.26. The van der Waals surface area contributed by atoms with E-state index in [0.717, 1.165) is 0 Å². The van der Waals surface area contributed by atoms with Gasteiger partial charge in [0.1, 0.15) is 22.8 Å². The highest BCUT2D eigenvalue weighted by molar-refractivity contribution is 6.17. The Hall–Kier alpha value is -4.26. The first-order valence-corrected chi connectivity index (χ1v) is 10.1. The van der Waals surface area contributed by atoms with Crippen LogP contribution in [0.15, 0.2) is 77.2 Å². The van der Waals surface area contributed by atoms with E-state index in [2.05, 4.69) is 10.6 Å². The van der Waals surface area contributed by atoms with E-state index in [9.17, 15) is 9.59 Å². The molecule has 32 heavy (non-hydrogen) atoms. The SMILES string of the molecule is CCOc1ccccc1C(=O)Nc1c(C(=O)Nc2ccc(OC)cc2)oc2ccccc12. The summed E-state index contributed by atoms with van der Waals surface area (Å²) in [5.41, 5.74) is 1.71. The van der Waals surface area contributed by atoms with Crippen LogP contribution in [-0.2, 0) is 0 Å². The van der Waals surface area contributed by atoms with Gasteiger partial charge in [-0.05, 0) is 55.5 Å². The Morgan fingerprint density at radius 1 is 0.875 bits per heavy atom. The third-order valence-corrected chi connectivity index (χ3v) is 4.82. The van der Waals surface area contributed by atoms with Crippen LogP contribution < -0.4 is 20.1 Å². The van der Waals surface area contributed by atoms with Crippen LogP contribution in [-0.4, -0.2) is 25.5 Å².